The highest BCUT2D eigenvalue weighted by Crippen LogP contribution is 2.32. The SMILES string of the molecule is COc1cc2c(Cl)c(C)cnc2c(F)c1F. The van der Waals surface area contributed by atoms with Gasteiger partial charge in [0.2, 0.25) is 5.82 Å². The van der Waals surface area contributed by atoms with E-state index in [2.05, 4.69) is 4.98 Å². The van der Waals surface area contributed by atoms with Crippen molar-refractivity contribution < 1.29 is 13.5 Å². The summed E-state index contributed by atoms with van der Waals surface area (Å²) in [7, 11) is 1.26. The molecule has 1 aromatic carbocycles. The normalized spacial score (nSPS) is 10.8. The number of benzene rings is 1. The average molecular weight is 244 g/mol. The van der Waals surface area contributed by atoms with Crippen LogP contribution in [0.25, 0.3) is 10.9 Å². The molecule has 0 spiro atoms. The second-order valence-corrected chi connectivity index (χ2v) is 3.74. The highest BCUT2D eigenvalue weighted by molar-refractivity contribution is 6.36. The van der Waals surface area contributed by atoms with Crippen LogP contribution in [0.4, 0.5) is 8.78 Å². The predicted octanol–water partition coefficient (Wildman–Crippen LogP) is 3.48. The van der Waals surface area contributed by atoms with E-state index in [4.69, 9.17) is 16.3 Å². The number of pyridine rings is 1. The van der Waals surface area contributed by atoms with Crippen molar-refractivity contribution in [3.63, 3.8) is 0 Å². The Morgan fingerprint density at radius 2 is 2.00 bits per heavy atom. The van der Waals surface area contributed by atoms with Crippen LogP contribution in [0, 0.1) is 18.6 Å². The number of aryl methyl sites for hydroxylation is 1. The minimum atomic E-state index is -1.05. The molecule has 0 aliphatic carbocycles. The maximum absolute atomic E-state index is 13.6. The molecule has 0 saturated heterocycles. The van der Waals surface area contributed by atoms with Crippen molar-refractivity contribution in [2.24, 2.45) is 0 Å². The number of ether oxygens (including phenoxy) is 1. The van der Waals surface area contributed by atoms with Gasteiger partial charge in [0.25, 0.3) is 0 Å². The third-order valence-electron chi connectivity index (χ3n) is 2.34. The van der Waals surface area contributed by atoms with Crippen molar-refractivity contribution in [3.8, 4) is 5.75 Å². The lowest BCUT2D eigenvalue weighted by Crippen LogP contribution is -1.96. The first kappa shape index (κ1) is 11.1. The van der Waals surface area contributed by atoms with Gasteiger partial charge >= 0.3 is 0 Å². The molecular formula is C11H8ClF2NO. The monoisotopic (exact) mass is 243 g/mol. The maximum atomic E-state index is 13.6. The Bertz CT molecular complexity index is 572. The zero-order valence-corrected chi connectivity index (χ0v) is 9.40. The number of hydrogen-bond acceptors (Lipinski definition) is 2. The molecule has 0 aliphatic rings. The van der Waals surface area contributed by atoms with Gasteiger partial charge in [-0.15, -0.1) is 0 Å². The van der Waals surface area contributed by atoms with E-state index in [0.29, 0.717) is 16.0 Å². The summed E-state index contributed by atoms with van der Waals surface area (Å²) in [6.07, 6.45) is 1.40. The number of methoxy groups -OCH3 is 1. The number of rotatable bonds is 1. The molecule has 0 unspecified atom stereocenters. The van der Waals surface area contributed by atoms with Gasteiger partial charge in [0.1, 0.15) is 5.52 Å². The van der Waals surface area contributed by atoms with Crippen molar-refractivity contribution >= 4 is 22.5 Å². The highest BCUT2D eigenvalue weighted by Gasteiger charge is 2.17. The molecule has 0 radical (unpaired) electrons. The summed E-state index contributed by atoms with van der Waals surface area (Å²) in [4.78, 5) is 3.82. The predicted molar refractivity (Wildman–Crippen MR) is 58.0 cm³/mol. The zero-order valence-electron chi connectivity index (χ0n) is 8.64. The Morgan fingerprint density at radius 1 is 1.31 bits per heavy atom. The quantitative estimate of drug-likeness (QED) is 0.765. The first-order valence-corrected chi connectivity index (χ1v) is 4.91. The summed E-state index contributed by atoms with van der Waals surface area (Å²) in [5, 5.41) is 0.694. The van der Waals surface area contributed by atoms with Crippen LogP contribution < -0.4 is 4.74 Å². The van der Waals surface area contributed by atoms with Crippen LogP contribution in [0.1, 0.15) is 5.56 Å². The summed E-state index contributed by atoms with van der Waals surface area (Å²) < 4.78 is 31.7. The van der Waals surface area contributed by atoms with Gasteiger partial charge in [-0.05, 0) is 18.6 Å². The van der Waals surface area contributed by atoms with Crippen molar-refractivity contribution in [2.45, 2.75) is 6.92 Å². The lowest BCUT2D eigenvalue weighted by atomic mass is 10.1. The van der Waals surface area contributed by atoms with Gasteiger partial charge in [-0.3, -0.25) is 4.98 Å². The first-order chi connectivity index (χ1) is 7.56. The highest BCUT2D eigenvalue weighted by atomic mass is 35.5. The fourth-order valence-electron chi connectivity index (χ4n) is 1.47. The molecule has 0 amide bonds. The molecule has 2 aromatic rings. The second-order valence-electron chi connectivity index (χ2n) is 3.36. The molecule has 0 bridgehead atoms. The van der Waals surface area contributed by atoms with Gasteiger partial charge in [0.15, 0.2) is 11.6 Å². The van der Waals surface area contributed by atoms with Crippen LogP contribution in [0.5, 0.6) is 5.75 Å². The third kappa shape index (κ3) is 1.50. The lowest BCUT2D eigenvalue weighted by molar-refractivity contribution is 0.374. The zero-order chi connectivity index (χ0) is 11.9. The summed E-state index contributed by atoms with van der Waals surface area (Å²) in [5.74, 6) is -2.28. The van der Waals surface area contributed by atoms with E-state index in [1.54, 1.807) is 6.92 Å². The maximum Gasteiger partial charge on any atom is 0.202 e. The van der Waals surface area contributed by atoms with Crippen LogP contribution in [0.2, 0.25) is 5.02 Å². The summed E-state index contributed by atoms with van der Waals surface area (Å²) in [5.41, 5.74) is 0.608. The van der Waals surface area contributed by atoms with Gasteiger partial charge in [-0.1, -0.05) is 11.6 Å². The van der Waals surface area contributed by atoms with Gasteiger partial charge < -0.3 is 4.74 Å². The molecule has 0 saturated carbocycles. The van der Waals surface area contributed by atoms with Crippen LogP contribution in [0.3, 0.4) is 0 Å². The Kier molecular flexibility index (Phi) is 2.68. The van der Waals surface area contributed by atoms with Crippen molar-refractivity contribution in [2.75, 3.05) is 7.11 Å². The van der Waals surface area contributed by atoms with E-state index in [1.165, 1.54) is 19.4 Å². The smallest absolute Gasteiger partial charge is 0.202 e. The largest absolute Gasteiger partial charge is 0.494 e. The Hall–Kier alpha value is -1.42. The molecule has 84 valence electrons. The van der Waals surface area contributed by atoms with Crippen LogP contribution >= 0.6 is 11.6 Å². The molecule has 0 atom stereocenters. The summed E-state index contributed by atoms with van der Waals surface area (Å²) >= 11 is 5.99. The van der Waals surface area contributed by atoms with E-state index in [1.807, 2.05) is 0 Å². The fraction of sp³-hybridized carbons (Fsp3) is 0.182. The van der Waals surface area contributed by atoms with Crippen LogP contribution in [-0.4, -0.2) is 12.1 Å². The Balaban J connectivity index is 2.93. The molecule has 1 heterocycles. The second kappa shape index (κ2) is 3.87. The van der Waals surface area contributed by atoms with E-state index in [-0.39, 0.29) is 11.3 Å². The molecule has 5 heteroatoms. The van der Waals surface area contributed by atoms with Crippen LogP contribution in [0.15, 0.2) is 12.3 Å². The molecule has 0 N–H and O–H groups in total. The fourth-order valence-corrected chi connectivity index (χ4v) is 1.66. The van der Waals surface area contributed by atoms with Gasteiger partial charge in [-0.25, -0.2) is 4.39 Å². The summed E-state index contributed by atoms with van der Waals surface area (Å²) in [6, 6.07) is 1.34. The van der Waals surface area contributed by atoms with Gasteiger partial charge in [-0.2, -0.15) is 4.39 Å². The molecule has 16 heavy (non-hydrogen) atoms. The topological polar surface area (TPSA) is 22.1 Å². The average Bonchev–Trinajstić information content (AvgIpc) is 2.28. The molecular weight excluding hydrogens is 236 g/mol. The Labute approximate surface area is 95.8 Å². The number of hydrogen-bond donors (Lipinski definition) is 0. The molecule has 2 nitrogen and oxygen atoms in total. The van der Waals surface area contributed by atoms with Crippen molar-refractivity contribution in [1.82, 2.24) is 4.98 Å². The van der Waals surface area contributed by atoms with Crippen molar-refractivity contribution in [3.05, 3.63) is 34.5 Å². The molecule has 2 rings (SSSR count). The molecule has 0 aliphatic heterocycles. The first-order valence-electron chi connectivity index (χ1n) is 4.53. The van der Waals surface area contributed by atoms with Crippen molar-refractivity contribution in [1.29, 1.82) is 0 Å². The minimum absolute atomic E-state index is 0.0890. The standard InChI is InChI=1S/C11H8ClF2NO/c1-5-4-15-11-6(8(5)12)3-7(16-2)9(13)10(11)14/h3-4H,1-2H3. The molecule has 1 aromatic heterocycles. The van der Waals surface area contributed by atoms with Gasteiger partial charge in [0, 0.05) is 11.6 Å². The van der Waals surface area contributed by atoms with Gasteiger partial charge in [0.05, 0.1) is 12.1 Å². The van der Waals surface area contributed by atoms with E-state index in [0.717, 1.165) is 0 Å². The van der Waals surface area contributed by atoms with E-state index >= 15 is 0 Å². The summed E-state index contributed by atoms with van der Waals surface area (Å²) in [6.45, 7) is 1.74. The minimum Gasteiger partial charge on any atom is -0.494 e. The number of aromatic nitrogens is 1. The van der Waals surface area contributed by atoms with E-state index in [9.17, 15) is 8.78 Å². The number of fused-ring (bicyclic) bond motifs is 1. The number of nitrogens with zero attached hydrogens (tertiary/aromatic N) is 1. The number of halogens is 3. The third-order valence-corrected chi connectivity index (χ3v) is 2.84. The van der Waals surface area contributed by atoms with Crippen LogP contribution in [-0.2, 0) is 0 Å². The Morgan fingerprint density at radius 3 is 2.62 bits per heavy atom. The molecule has 0 fully saturated rings. The van der Waals surface area contributed by atoms with E-state index < -0.39 is 11.6 Å². The lowest BCUT2D eigenvalue weighted by Gasteiger charge is -2.08.